The Hall–Kier alpha value is -3.72. The first kappa shape index (κ1) is 31.3. The summed E-state index contributed by atoms with van der Waals surface area (Å²) >= 11 is 0. The maximum absolute atomic E-state index is 6.52. The molecule has 2 aliphatic rings. The predicted molar refractivity (Wildman–Crippen MR) is 185 cm³/mol. The fourth-order valence-electron chi connectivity index (χ4n) is 7.46. The fraction of sp³-hybridized carbons (Fsp3) is 0.429. The zero-order valence-electron chi connectivity index (χ0n) is 27.5. The lowest BCUT2D eigenvalue weighted by atomic mass is 9.79. The van der Waals surface area contributed by atoms with Crippen molar-refractivity contribution in [1.82, 2.24) is 0 Å². The van der Waals surface area contributed by atoms with Gasteiger partial charge in [-0.15, -0.1) is 0 Å². The molecule has 4 aromatic rings. The van der Waals surface area contributed by atoms with Crippen LogP contribution in [-0.4, -0.2) is 12.7 Å². The van der Waals surface area contributed by atoms with Gasteiger partial charge in [-0.3, -0.25) is 0 Å². The third-order valence-corrected chi connectivity index (χ3v) is 10.0. The summed E-state index contributed by atoms with van der Waals surface area (Å²) in [6.45, 7) is 9.83. The van der Waals surface area contributed by atoms with Gasteiger partial charge in [-0.2, -0.15) is 0 Å². The van der Waals surface area contributed by atoms with Crippen molar-refractivity contribution in [2.75, 3.05) is 6.61 Å². The van der Waals surface area contributed by atoms with Gasteiger partial charge in [0.15, 0.2) is 0 Å². The summed E-state index contributed by atoms with van der Waals surface area (Å²) in [6, 6.07) is 36.5. The quantitative estimate of drug-likeness (QED) is 0.144. The standard InChI is InChI=1S/C42H50O3/c1-29(2)28-43-38-18-12-33(13-19-38)30(3)24-37(35-16-22-41(23-17-35)45-42-27-32-10-11-36(42)26-32)25-31(4)34-14-20-40(21-15-34)44-39-8-6-5-7-9-39/h5-9,12-23,29-32,36-37,42H,10-11,24-28H2,1-4H3. The van der Waals surface area contributed by atoms with Gasteiger partial charge in [0, 0.05) is 0 Å². The molecular weight excluding hydrogens is 552 g/mol. The van der Waals surface area contributed by atoms with E-state index in [0.717, 1.165) is 54.3 Å². The van der Waals surface area contributed by atoms with E-state index < -0.39 is 0 Å². The predicted octanol–water partition coefficient (Wildman–Crippen LogP) is 11.6. The molecule has 236 valence electrons. The molecule has 0 amide bonds. The second kappa shape index (κ2) is 14.6. The van der Waals surface area contributed by atoms with Crippen molar-refractivity contribution in [3.8, 4) is 23.0 Å². The Morgan fingerprint density at radius 1 is 0.578 bits per heavy atom. The lowest BCUT2D eigenvalue weighted by molar-refractivity contribution is 0.138. The first-order valence-electron chi connectivity index (χ1n) is 17.2. The average Bonchev–Trinajstić information content (AvgIpc) is 3.69. The van der Waals surface area contributed by atoms with Crippen LogP contribution in [0.2, 0.25) is 0 Å². The molecule has 0 radical (unpaired) electrons. The highest BCUT2D eigenvalue weighted by Crippen LogP contribution is 2.46. The van der Waals surface area contributed by atoms with Crippen LogP contribution in [0.4, 0.5) is 0 Å². The molecule has 2 aliphatic carbocycles. The largest absolute Gasteiger partial charge is 0.493 e. The van der Waals surface area contributed by atoms with Gasteiger partial charge in [0.05, 0.1) is 6.61 Å². The molecule has 2 bridgehead atoms. The minimum Gasteiger partial charge on any atom is -0.493 e. The Labute approximate surface area is 271 Å². The average molecular weight is 603 g/mol. The van der Waals surface area contributed by atoms with E-state index in [2.05, 4.69) is 100 Å². The minimum atomic E-state index is 0.407. The van der Waals surface area contributed by atoms with Crippen molar-refractivity contribution in [3.05, 3.63) is 120 Å². The van der Waals surface area contributed by atoms with Crippen LogP contribution in [0.25, 0.3) is 0 Å². The summed E-state index contributed by atoms with van der Waals surface area (Å²) in [5, 5.41) is 0. The number of hydrogen-bond acceptors (Lipinski definition) is 3. The Bertz CT molecular complexity index is 1460. The van der Waals surface area contributed by atoms with Gasteiger partial charge in [0.25, 0.3) is 0 Å². The maximum Gasteiger partial charge on any atom is 0.127 e. The van der Waals surface area contributed by atoms with Crippen molar-refractivity contribution < 1.29 is 14.2 Å². The van der Waals surface area contributed by atoms with Crippen molar-refractivity contribution in [2.45, 2.75) is 90.1 Å². The van der Waals surface area contributed by atoms with E-state index in [1.807, 2.05) is 30.3 Å². The Morgan fingerprint density at radius 3 is 1.69 bits per heavy atom. The van der Waals surface area contributed by atoms with Crippen LogP contribution in [0.3, 0.4) is 0 Å². The molecule has 0 aromatic heterocycles. The fourth-order valence-corrected chi connectivity index (χ4v) is 7.46. The van der Waals surface area contributed by atoms with Crippen LogP contribution in [-0.2, 0) is 0 Å². The molecule has 0 heterocycles. The lowest BCUT2D eigenvalue weighted by Gasteiger charge is -2.26. The second-order valence-electron chi connectivity index (χ2n) is 14.1. The third kappa shape index (κ3) is 8.31. The summed E-state index contributed by atoms with van der Waals surface area (Å²) in [5.74, 6) is 7.13. The number of para-hydroxylation sites is 1. The minimum absolute atomic E-state index is 0.407. The molecule has 3 heteroatoms. The lowest BCUT2D eigenvalue weighted by Crippen LogP contribution is -2.23. The molecule has 2 fully saturated rings. The smallest absolute Gasteiger partial charge is 0.127 e. The van der Waals surface area contributed by atoms with Gasteiger partial charge in [-0.1, -0.05) is 82.3 Å². The van der Waals surface area contributed by atoms with E-state index in [0.29, 0.717) is 29.8 Å². The molecule has 45 heavy (non-hydrogen) atoms. The highest BCUT2D eigenvalue weighted by Gasteiger charge is 2.40. The van der Waals surface area contributed by atoms with Crippen LogP contribution >= 0.6 is 0 Å². The Morgan fingerprint density at radius 2 is 1.13 bits per heavy atom. The number of ether oxygens (including phenoxy) is 3. The van der Waals surface area contributed by atoms with Crippen molar-refractivity contribution in [3.63, 3.8) is 0 Å². The van der Waals surface area contributed by atoms with Crippen LogP contribution in [0.5, 0.6) is 23.0 Å². The highest BCUT2D eigenvalue weighted by atomic mass is 16.5. The SMILES string of the molecule is CC(C)COc1ccc(C(C)CC(CC(C)c2ccc(Oc3ccccc3)cc2)c2ccc(OC3CC4CCC3C4)cc2)cc1. The van der Waals surface area contributed by atoms with E-state index >= 15 is 0 Å². The number of hydrogen-bond donors (Lipinski definition) is 0. The molecule has 0 N–H and O–H groups in total. The van der Waals surface area contributed by atoms with Gasteiger partial charge in [-0.25, -0.2) is 0 Å². The zero-order chi connectivity index (χ0) is 31.2. The monoisotopic (exact) mass is 602 g/mol. The second-order valence-corrected chi connectivity index (χ2v) is 14.1. The molecule has 3 nitrogen and oxygen atoms in total. The van der Waals surface area contributed by atoms with Crippen molar-refractivity contribution >= 4 is 0 Å². The van der Waals surface area contributed by atoms with Crippen molar-refractivity contribution in [1.29, 1.82) is 0 Å². The van der Waals surface area contributed by atoms with Crippen LogP contribution in [0.15, 0.2) is 103 Å². The number of benzene rings is 4. The first-order chi connectivity index (χ1) is 21.9. The molecule has 6 atom stereocenters. The topological polar surface area (TPSA) is 27.7 Å². The molecule has 2 saturated carbocycles. The molecule has 0 saturated heterocycles. The van der Waals surface area contributed by atoms with Crippen LogP contribution in [0, 0.1) is 17.8 Å². The molecule has 4 aromatic carbocycles. The number of fused-ring (bicyclic) bond motifs is 2. The molecule has 6 rings (SSSR count). The summed E-state index contributed by atoms with van der Waals surface area (Å²) in [6.07, 6.45) is 7.91. The van der Waals surface area contributed by atoms with E-state index in [1.165, 1.54) is 42.4 Å². The van der Waals surface area contributed by atoms with Crippen LogP contribution in [0.1, 0.15) is 101 Å². The van der Waals surface area contributed by atoms with E-state index in [1.54, 1.807) is 0 Å². The molecule has 0 aliphatic heterocycles. The maximum atomic E-state index is 6.52. The van der Waals surface area contributed by atoms with Gasteiger partial charge in [0.1, 0.15) is 29.1 Å². The molecular formula is C42H50O3. The van der Waals surface area contributed by atoms with Crippen LogP contribution < -0.4 is 14.2 Å². The van der Waals surface area contributed by atoms with E-state index in [4.69, 9.17) is 14.2 Å². The summed E-state index contributed by atoms with van der Waals surface area (Å²) in [4.78, 5) is 0. The molecule has 0 spiro atoms. The van der Waals surface area contributed by atoms with Crippen molar-refractivity contribution in [2.24, 2.45) is 17.8 Å². The van der Waals surface area contributed by atoms with Gasteiger partial charge >= 0.3 is 0 Å². The van der Waals surface area contributed by atoms with Gasteiger partial charge < -0.3 is 14.2 Å². The summed E-state index contributed by atoms with van der Waals surface area (Å²) < 4.78 is 18.5. The van der Waals surface area contributed by atoms with Gasteiger partial charge in [0.2, 0.25) is 0 Å². The first-order valence-corrected chi connectivity index (χ1v) is 17.2. The third-order valence-electron chi connectivity index (χ3n) is 10.0. The Balaban J connectivity index is 1.15. The van der Waals surface area contributed by atoms with E-state index in [-0.39, 0.29) is 0 Å². The summed E-state index contributed by atoms with van der Waals surface area (Å²) in [5.41, 5.74) is 4.11. The summed E-state index contributed by atoms with van der Waals surface area (Å²) in [7, 11) is 0. The zero-order valence-corrected chi connectivity index (χ0v) is 27.5. The van der Waals surface area contributed by atoms with Gasteiger partial charge in [-0.05, 0) is 139 Å². The molecule has 6 unspecified atom stereocenters. The highest BCUT2D eigenvalue weighted by molar-refractivity contribution is 5.36. The Kier molecular flexibility index (Phi) is 10.1. The normalized spacial score (nSPS) is 21.0. The van der Waals surface area contributed by atoms with E-state index in [9.17, 15) is 0 Å². The number of rotatable bonds is 14.